The van der Waals surface area contributed by atoms with Crippen molar-refractivity contribution in [3.8, 4) is 0 Å². The van der Waals surface area contributed by atoms with Crippen LogP contribution < -0.4 is 4.90 Å². The standard InChI is InChI=1S/C26H22ClF3N2O3S/c27-22-8-1-19(2-9-22)3-14-25(33)20-4-10-23(11-5-20)31-15-17-32(18-16-31)36(34,35)24-12-6-21(7-13-24)26(28,29)30/h1-14H,15-18H2/b14-3+. The molecule has 0 unspecified atom stereocenters. The first kappa shape index (κ1) is 25.9. The number of ketones is 1. The van der Waals surface area contributed by atoms with Gasteiger partial charge in [-0.25, -0.2) is 8.42 Å². The predicted octanol–water partition coefficient (Wildman–Crippen LogP) is 5.77. The van der Waals surface area contributed by atoms with Gasteiger partial charge >= 0.3 is 6.18 Å². The fourth-order valence-electron chi connectivity index (χ4n) is 3.83. The number of allylic oxidation sites excluding steroid dienone is 1. The zero-order chi connectivity index (χ0) is 25.9. The van der Waals surface area contributed by atoms with Gasteiger partial charge in [0.15, 0.2) is 5.78 Å². The van der Waals surface area contributed by atoms with E-state index in [-0.39, 0.29) is 23.8 Å². The van der Waals surface area contributed by atoms with Crippen LogP contribution in [0.3, 0.4) is 0 Å². The van der Waals surface area contributed by atoms with Gasteiger partial charge in [-0.15, -0.1) is 0 Å². The largest absolute Gasteiger partial charge is 0.416 e. The zero-order valence-electron chi connectivity index (χ0n) is 19.0. The Balaban J connectivity index is 1.36. The van der Waals surface area contributed by atoms with Crippen LogP contribution in [-0.4, -0.2) is 44.7 Å². The molecule has 0 atom stereocenters. The number of sulfonamides is 1. The third kappa shape index (κ3) is 5.98. The number of alkyl halides is 3. The molecule has 1 aliphatic heterocycles. The van der Waals surface area contributed by atoms with Gasteiger partial charge < -0.3 is 4.90 Å². The normalized spacial score (nSPS) is 15.4. The van der Waals surface area contributed by atoms with Crippen molar-refractivity contribution in [1.82, 2.24) is 4.31 Å². The van der Waals surface area contributed by atoms with Gasteiger partial charge in [0.05, 0.1) is 10.5 Å². The van der Waals surface area contributed by atoms with E-state index in [2.05, 4.69) is 0 Å². The molecule has 36 heavy (non-hydrogen) atoms. The Labute approximate surface area is 212 Å². The number of carbonyl (C=O) groups is 1. The quantitative estimate of drug-likeness (QED) is 0.298. The molecule has 0 radical (unpaired) electrons. The Kier molecular flexibility index (Phi) is 7.54. The first-order valence-corrected chi connectivity index (χ1v) is 12.9. The number of rotatable bonds is 6. The molecule has 0 amide bonds. The lowest BCUT2D eigenvalue weighted by molar-refractivity contribution is -0.137. The number of benzene rings is 3. The van der Waals surface area contributed by atoms with Crippen molar-refractivity contribution in [3.05, 3.63) is 101 Å². The molecule has 1 saturated heterocycles. The lowest BCUT2D eigenvalue weighted by Crippen LogP contribution is -2.48. The third-order valence-corrected chi connectivity index (χ3v) is 8.04. The smallest absolute Gasteiger partial charge is 0.369 e. The van der Waals surface area contributed by atoms with Crippen molar-refractivity contribution in [3.63, 3.8) is 0 Å². The van der Waals surface area contributed by atoms with E-state index in [0.717, 1.165) is 35.5 Å². The molecule has 0 aliphatic carbocycles. The number of hydrogen-bond donors (Lipinski definition) is 0. The molecule has 3 aromatic rings. The molecule has 0 bridgehead atoms. The number of nitrogens with zero attached hydrogens (tertiary/aromatic N) is 2. The number of halogens is 4. The van der Waals surface area contributed by atoms with Gasteiger partial charge in [0.1, 0.15) is 0 Å². The van der Waals surface area contributed by atoms with Crippen molar-refractivity contribution in [2.45, 2.75) is 11.1 Å². The van der Waals surface area contributed by atoms with Crippen LogP contribution in [0, 0.1) is 0 Å². The van der Waals surface area contributed by atoms with Crippen LogP contribution in [0.4, 0.5) is 18.9 Å². The van der Waals surface area contributed by atoms with E-state index in [1.807, 2.05) is 29.2 Å². The van der Waals surface area contributed by atoms with Crippen molar-refractivity contribution in [2.75, 3.05) is 31.1 Å². The maximum absolute atomic E-state index is 12.9. The predicted molar refractivity (Wildman–Crippen MR) is 134 cm³/mol. The summed E-state index contributed by atoms with van der Waals surface area (Å²) in [5.74, 6) is -0.149. The van der Waals surface area contributed by atoms with Crippen molar-refractivity contribution in [1.29, 1.82) is 0 Å². The molecule has 0 saturated carbocycles. The number of anilines is 1. The van der Waals surface area contributed by atoms with Crippen molar-refractivity contribution >= 4 is 39.2 Å². The lowest BCUT2D eigenvalue weighted by atomic mass is 10.1. The molecular formula is C26H22ClF3N2O3S. The van der Waals surface area contributed by atoms with E-state index in [4.69, 9.17) is 11.6 Å². The summed E-state index contributed by atoms with van der Waals surface area (Å²) in [5, 5.41) is 0.618. The minimum absolute atomic E-state index is 0.149. The second kappa shape index (κ2) is 10.5. The second-order valence-corrected chi connectivity index (χ2v) is 10.6. The summed E-state index contributed by atoms with van der Waals surface area (Å²) in [6.07, 6.45) is -1.33. The topological polar surface area (TPSA) is 57.7 Å². The molecule has 3 aromatic carbocycles. The van der Waals surface area contributed by atoms with Crippen LogP contribution in [0.5, 0.6) is 0 Å². The van der Waals surface area contributed by atoms with Crippen LogP contribution in [0.1, 0.15) is 21.5 Å². The highest BCUT2D eigenvalue weighted by molar-refractivity contribution is 7.89. The fourth-order valence-corrected chi connectivity index (χ4v) is 5.38. The molecule has 5 nitrogen and oxygen atoms in total. The molecule has 0 aromatic heterocycles. The molecule has 1 fully saturated rings. The summed E-state index contributed by atoms with van der Waals surface area (Å²) < 4.78 is 65.3. The number of hydrogen-bond acceptors (Lipinski definition) is 4. The van der Waals surface area contributed by atoms with E-state index in [1.165, 1.54) is 10.4 Å². The van der Waals surface area contributed by atoms with Gasteiger partial charge in [-0.1, -0.05) is 29.8 Å². The van der Waals surface area contributed by atoms with Gasteiger partial charge in [0, 0.05) is 42.5 Å². The minimum atomic E-state index is -4.53. The second-order valence-electron chi connectivity index (χ2n) is 8.21. The van der Waals surface area contributed by atoms with Crippen LogP contribution in [0.2, 0.25) is 5.02 Å². The molecule has 0 N–H and O–H groups in total. The summed E-state index contributed by atoms with van der Waals surface area (Å²) in [6, 6.07) is 17.7. The van der Waals surface area contributed by atoms with Crippen LogP contribution in [-0.2, 0) is 16.2 Å². The highest BCUT2D eigenvalue weighted by Crippen LogP contribution is 2.30. The summed E-state index contributed by atoms with van der Waals surface area (Å²) in [7, 11) is -3.90. The SMILES string of the molecule is O=C(/C=C/c1ccc(Cl)cc1)c1ccc(N2CCN(S(=O)(=O)c3ccc(C(F)(F)F)cc3)CC2)cc1. The van der Waals surface area contributed by atoms with Gasteiger partial charge in [-0.3, -0.25) is 4.79 Å². The Bertz CT molecular complexity index is 1350. The van der Waals surface area contributed by atoms with Crippen LogP contribution in [0.15, 0.2) is 83.8 Å². The number of carbonyl (C=O) groups excluding carboxylic acids is 1. The van der Waals surface area contributed by atoms with Gasteiger partial charge in [0.2, 0.25) is 10.0 Å². The third-order valence-electron chi connectivity index (χ3n) is 5.87. The number of piperazine rings is 1. The minimum Gasteiger partial charge on any atom is -0.369 e. The molecular weight excluding hydrogens is 513 g/mol. The molecule has 4 rings (SSSR count). The summed E-state index contributed by atoms with van der Waals surface area (Å²) in [6.45, 7) is 1.19. The van der Waals surface area contributed by atoms with Gasteiger partial charge in [-0.05, 0) is 72.3 Å². The van der Waals surface area contributed by atoms with E-state index < -0.39 is 21.8 Å². The first-order valence-electron chi connectivity index (χ1n) is 11.0. The van der Waals surface area contributed by atoms with E-state index in [0.29, 0.717) is 23.7 Å². The summed E-state index contributed by atoms with van der Waals surface area (Å²) in [4.78, 5) is 14.3. The highest BCUT2D eigenvalue weighted by Gasteiger charge is 2.32. The summed E-state index contributed by atoms with van der Waals surface area (Å²) >= 11 is 5.86. The Morgan fingerprint density at radius 2 is 1.42 bits per heavy atom. The van der Waals surface area contributed by atoms with Gasteiger partial charge in [0.25, 0.3) is 0 Å². The maximum Gasteiger partial charge on any atom is 0.416 e. The van der Waals surface area contributed by atoms with Crippen LogP contribution >= 0.6 is 11.6 Å². The Hall–Kier alpha value is -3.14. The van der Waals surface area contributed by atoms with E-state index >= 15 is 0 Å². The zero-order valence-corrected chi connectivity index (χ0v) is 20.5. The molecule has 188 valence electrons. The summed E-state index contributed by atoms with van der Waals surface area (Å²) in [5.41, 5.74) is 1.33. The lowest BCUT2D eigenvalue weighted by Gasteiger charge is -2.35. The van der Waals surface area contributed by atoms with E-state index in [9.17, 15) is 26.4 Å². The molecule has 1 heterocycles. The average molecular weight is 535 g/mol. The monoisotopic (exact) mass is 534 g/mol. The van der Waals surface area contributed by atoms with Crippen molar-refractivity contribution in [2.24, 2.45) is 0 Å². The molecule has 10 heteroatoms. The van der Waals surface area contributed by atoms with Crippen molar-refractivity contribution < 1.29 is 26.4 Å². The Morgan fingerprint density at radius 3 is 1.97 bits per heavy atom. The van der Waals surface area contributed by atoms with E-state index in [1.54, 1.807) is 30.3 Å². The highest BCUT2D eigenvalue weighted by atomic mass is 35.5. The average Bonchev–Trinajstić information content (AvgIpc) is 2.88. The van der Waals surface area contributed by atoms with Gasteiger partial charge in [-0.2, -0.15) is 17.5 Å². The Morgan fingerprint density at radius 1 is 0.833 bits per heavy atom. The molecule has 0 spiro atoms. The fraction of sp³-hybridized carbons (Fsp3) is 0.192. The molecule has 1 aliphatic rings. The maximum atomic E-state index is 12.9. The van der Waals surface area contributed by atoms with Crippen LogP contribution in [0.25, 0.3) is 6.08 Å². The first-order chi connectivity index (χ1) is 17.0.